The van der Waals surface area contributed by atoms with Crippen molar-refractivity contribution in [1.82, 2.24) is 15.3 Å². The predicted molar refractivity (Wildman–Crippen MR) is 160 cm³/mol. The maximum absolute atomic E-state index is 12.5. The standard InChI is InChI=1S/C32H29Cl2N3O2/c1-3-8-27(21-9-6-10-22(33)17-21)35-19(2)20-15-16-23(25(18-20)32(38)39)30-24(11-7-12-26(30)34)31-36-28-13-4-5-14-29(28)37-31/h4-7,9-18,26-27,30,35H,2-3,8H2,1H3,(H,36,37)(H,38,39)/t26-,27?,30+/m0/s1. The lowest BCUT2D eigenvalue weighted by atomic mass is 9.81. The zero-order chi connectivity index (χ0) is 27.5. The summed E-state index contributed by atoms with van der Waals surface area (Å²) in [5.41, 5.74) is 5.78. The first-order valence-electron chi connectivity index (χ1n) is 12.9. The van der Waals surface area contributed by atoms with Gasteiger partial charge in [-0.2, -0.15) is 0 Å². The van der Waals surface area contributed by atoms with E-state index in [2.05, 4.69) is 23.8 Å². The fourth-order valence-corrected chi connectivity index (χ4v) is 5.69. The third-order valence-corrected chi connectivity index (χ3v) is 7.66. The molecule has 1 aliphatic carbocycles. The van der Waals surface area contributed by atoms with E-state index >= 15 is 0 Å². The number of nitrogens with zero attached hydrogens (tertiary/aromatic N) is 1. The van der Waals surface area contributed by atoms with Gasteiger partial charge in [0.2, 0.25) is 0 Å². The number of carbonyl (C=O) groups is 1. The van der Waals surface area contributed by atoms with Gasteiger partial charge in [-0.15, -0.1) is 11.6 Å². The van der Waals surface area contributed by atoms with Crippen molar-refractivity contribution in [3.63, 3.8) is 0 Å². The molecule has 3 aromatic carbocycles. The van der Waals surface area contributed by atoms with Crippen molar-refractivity contribution in [2.24, 2.45) is 0 Å². The number of aromatic nitrogens is 2. The van der Waals surface area contributed by atoms with E-state index in [1.54, 1.807) is 6.07 Å². The zero-order valence-electron chi connectivity index (χ0n) is 21.5. The summed E-state index contributed by atoms with van der Waals surface area (Å²) < 4.78 is 0. The van der Waals surface area contributed by atoms with Gasteiger partial charge in [-0.3, -0.25) is 0 Å². The van der Waals surface area contributed by atoms with Crippen LogP contribution in [0.15, 0.2) is 91.5 Å². The Kier molecular flexibility index (Phi) is 7.92. The van der Waals surface area contributed by atoms with Gasteiger partial charge in [-0.25, -0.2) is 9.78 Å². The van der Waals surface area contributed by atoms with Crippen molar-refractivity contribution in [3.8, 4) is 0 Å². The first kappa shape index (κ1) is 26.8. The third kappa shape index (κ3) is 5.65. The summed E-state index contributed by atoms with van der Waals surface area (Å²) in [6.45, 7) is 6.36. The van der Waals surface area contributed by atoms with Crippen LogP contribution in [-0.4, -0.2) is 26.4 Å². The van der Waals surface area contributed by atoms with E-state index in [4.69, 9.17) is 28.2 Å². The van der Waals surface area contributed by atoms with Crippen molar-refractivity contribution < 1.29 is 9.90 Å². The van der Waals surface area contributed by atoms with Crippen LogP contribution >= 0.6 is 23.2 Å². The van der Waals surface area contributed by atoms with Gasteiger partial charge in [-0.1, -0.05) is 86.2 Å². The van der Waals surface area contributed by atoms with Crippen LogP contribution in [-0.2, 0) is 0 Å². The third-order valence-electron chi connectivity index (χ3n) is 7.03. The number of rotatable bonds is 9. The molecule has 198 valence electrons. The van der Waals surface area contributed by atoms with Crippen molar-refractivity contribution in [2.45, 2.75) is 37.1 Å². The first-order valence-corrected chi connectivity index (χ1v) is 13.7. The van der Waals surface area contributed by atoms with Crippen LogP contribution in [0.3, 0.4) is 0 Å². The normalized spacial score (nSPS) is 17.6. The van der Waals surface area contributed by atoms with Gasteiger partial charge < -0.3 is 15.4 Å². The molecule has 5 rings (SSSR count). The Morgan fingerprint density at radius 2 is 1.97 bits per heavy atom. The molecule has 0 spiro atoms. The van der Waals surface area contributed by atoms with Crippen LogP contribution in [0.25, 0.3) is 22.3 Å². The molecular formula is C32H29Cl2N3O2. The Hall–Kier alpha value is -3.80. The molecule has 39 heavy (non-hydrogen) atoms. The molecule has 0 fully saturated rings. The second kappa shape index (κ2) is 11.5. The topological polar surface area (TPSA) is 78.0 Å². The summed E-state index contributed by atoms with van der Waals surface area (Å²) in [4.78, 5) is 20.7. The van der Waals surface area contributed by atoms with E-state index in [0.29, 0.717) is 27.7 Å². The highest BCUT2D eigenvalue weighted by atomic mass is 35.5. The van der Waals surface area contributed by atoms with Crippen LogP contribution in [0.4, 0.5) is 0 Å². The number of hydrogen-bond acceptors (Lipinski definition) is 3. The monoisotopic (exact) mass is 557 g/mol. The minimum Gasteiger partial charge on any atom is -0.478 e. The lowest BCUT2D eigenvalue weighted by Crippen LogP contribution is -2.21. The van der Waals surface area contributed by atoms with Gasteiger partial charge in [-0.05, 0) is 53.4 Å². The highest BCUT2D eigenvalue weighted by Gasteiger charge is 2.32. The molecule has 0 radical (unpaired) electrons. The number of aromatic carboxylic acids is 1. The Morgan fingerprint density at radius 1 is 1.15 bits per heavy atom. The maximum atomic E-state index is 12.5. The largest absolute Gasteiger partial charge is 0.478 e. The number of imidazole rings is 1. The predicted octanol–water partition coefficient (Wildman–Crippen LogP) is 8.36. The fourth-order valence-electron chi connectivity index (χ4n) is 5.13. The average Bonchev–Trinajstić information content (AvgIpc) is 3.36. The van der Waals surface area contributed by atoms with Crippen LogP contribution in [0.1, 0.15) is 64.6 Å². The molecule has 3 N–H and O–H groups in total. The SMILES string of the molecule is C=C(NC(CCC)c1cccc(Cl)c1)c1ccc([C@@H]2C(c3nc4ccccc4[nH]3)=CC=C[C@@H]2Cl)c(C(=O)O)c1. The highest BCUT2D eigenvalue weighted by Crippen LogP contribution is 2.41. The maximum Gasteiger partial charge on any atom is 0.336 e. The van der Waals surface area contributed by atoms with Gasteiger partial charge in [0.15, 0.2) is 0 Å². The lowest BCUT2D eigenvalue weighted by Gasteiger charge is -2.27. The summed E-state index contributed by atoms with van der Waals surface area (Å²) in [5, 5.41) is 14.0. The molecule has 3 atom stereocenters. The molecule has 7 heteroatoms. The van der Waals surface area contributed by atoms with Crippen LogP contribution in [0, 0.1) is 0 Å². The van der Waals surface area contributed by atoms with Crippen LogP contribution in [0.2, 0.25) is 5.02 Å². The summed E-state index contributed by atoms with van der Waals surface area (Å²) in [5.74, 6) is -0.758. The molecule has 1 aromatic heterocycles. The second-order valence-electron chi connectivity index (χ2n) is 9.66. The number of fused-ring (bicyclic) bond motifs is 1. The average molecular weight is 559 g/mol. The number of allylic oxidation sites excluding steroid dienone is 4. The zero-order valence-corrected chi connectivity index (χ0v) is 23.0. The van der Waals surface area contributed by atoms with Gasteiger partial charge >= 0.3 is 5.97 Å². The smallest absolute Gasteiger partial charge is 0.336 e. The van der Waals surface area contributed by atoms with E-state index in [0.717, 1.165) is 35.0 Å². The van der Waals surface area contributed by atoms with Crippen molar-refractivity contribution in [1.29, 1.82) is 0 Å². The fraction of sp³-hybridized carbons (Fsp3) is 0.188. The molecular weight excluding hydrogens is 529 g/mol. The Morgan fingerprint density at radius 3 is 2.72 bits per heavy atom. The molecule has 0 saturated carbocycles. The molecule has 0 amide bonds. The number of H-pyrrole nitrogens is 1. The number of aromatic amines is 1. The number of carboxylic acids is 1. The number of benzene rings is 3. The number of carboxylic acid groups (broad SMARTS) is 1. The van der Waals surface area contributed by atoms with Crippen LogP contribution < -0.4 is 5.32 Å². The summed E-state index contributed by atoms with van der Waals surface area (Å²) in [7, 11) is 0. The molecule has 1 heterocycles. The molecule has 4 aromatic rings. The van der Waals surface area contributed by atoms with E-state index in [1.807, 2.05) is 78.9 Å². The molecule has 0 bridgehead atoms. The van der Waals surface area contributed by atoms with Crippen LogP contribution in [0.5, 0.6) is 0 Å². The number of hydrogen-bond donors (Lipinski definition) is 3. The molecule has 0 aliphatic heterocycles. The summed E-state index contributed by atoms with van der Waals surface area (Å²) >= 11 is 13.1. The Balaban J connectivity index is 1.49. The van der Waals surface area contributed by atoms with Gasteiger partial charge in [0.25, 0.3) is 0 Å². The lowest BCUT2D eigenvalue weighted by molar-refractivity contribution is 0.0695. The summed E-state index contributed by atoms with van der Waals surface area (Å²) in [6, 6.07) is 20.9. The number of para-hydroxylation sites is 2. The van der Waals surface area contributed by atoms with Crippen molar-refractivity contribution in [2.75, 3.05) is 0 Å². The van der Waals surface area contributed by atoms with Gasteiger partial charge in [0, 0.05) is 22.2 Å². The van der Waals surface area contributed by atoms with Gasteiger partial charge in [0.05, 0.1) is 28.0 Å². The molecule has 1 unspecified atom stereocenters. The number of alkyl halides is 1. The Bertz CT molecular complexity index is 1570. The molecule has 1 aliphatic rings. The summed E-state index contributed by atoms with van der Waals surface area (Å²) in [6.07, 6.45) is 7.54. The van der Waals surface area contributed by atoms with E-state index < -0.39 is 17.3 Å². The minimum absolute atomic E-state index is 0.00696. The minimum atomic E-state index is -1.03. The van der Waals surface area contributed by atoms with Crippen molar-refractivity contribution in [3.05, 3.63) is 125 Å². The second-order valence-corrected chi connectivity index (χ2v) is 10.6. The number of halogens is 2. The Labute approximate surface area is 237 Å². The van der Waals surface area contributed by atoms with Gasteiger partial charge in [0.1, 0.15) is 5.82 Å². The van der Waals surface area contributed by atoms with E-state index in [9.17, 15) is 9.90 Å². The molecule has 0 saturated heterocycles. The highest BCUT2D eigenvalue weighted by molar-refractivity contribution is 6.30. The first-order chi connectivity index (χ1) is 18.9. The van der Waals surface area contributed by atoms with Crippen molar-refractivity contribution >= 4 is 51.5 Å². The molecule has 5 nitrogen and oxygen atoms in total. The van der Waals surface area contributed by atoms with E-state index in [1.165, 1.54) is 0 Å². The number of nitrogens with one attached hydrogen (secondary N) is 2. The van der Waals surface area contributed by atoms with E-state index in [-0.39, 0.29) is 11.6 Å². The quantitative estimate of drug-likeness (QED) is 0.180.